The third-order valence-corrected chi connectivity index (χ3v) is 2.99. The Bertz CT molecular complexity index is 674. The molecule has 0 saturated heterocycles. The van der Waals surface area contributed by atoms with Crippen molar-refractivity contribution in [2.75, 3.05) is 0 Å². The molecule has 0 aliphatic rings. The molecule has 0 unspecified atom stereocenters. The van der Waals surface area contributed by atoms with E-state index < -0.39 is 5.91 Å². The number of hydrogen-bond acceptors (Lipinski definition) is 4. The molecule has 0 bridgehead atoms. The molecular weight excluding hydrogens is 292 g/mol. The highest BCUT2D eigenvalue weighted by atomic mass is 35.5. The number of nitrogens with zero attached hydrogens (tertiary/aromatic N) is 2. The van der Waals surface area contributed by atoms with Crippen LogP contribution in [0.4, 0.5) is 0 Å². The van der Waals surface area contributed by atoms with E-state index in [-0.39, 0.29) is 5.96 Å². The van der Waals surface area contributed by atoms with E-state index in [1.54, 1.807) is 13.0 Å². The first kappa shape index (κ1) is 15.1. The lowest BCUT2D eigenvalue weighted by Crippen LogP contribution is -2.36. The van der Waals surface area contributed by atoms with Crippen molar-refractivity contribution in [2.45, 2.75) is 20.4 Å². The van der Waals surface area contributed by atoms with Crippen LogP contribution >= 0.6 is 11.6 Å². The SMILES string of the molecule is Cc1cc(Cl)cc(CN=C(N)NC(=O)c2cnoc2C)c1. The van der Waals surface area contributed by atoms with E-state index >= 15 is 0 Å². The molecule has 1 amide bonds. The normalized spacial score (nSPS) is 11.5. The van der Waals surface area contributed by atoms with E-state index in [0.29, 0.717) is 22.9 Å². The summed E-state index contributed by atoms with van der Waals surface area (Å²) < 4.78 is 4.82. The fourth-order valence-electron chi connectivity index (χ4n) is 1.82. The molecule has 0 aliphatic carbocycles. The van der Waals surface area contributed by atoms with Crippen molar-refractivity contribution in [3.8, 4) is 0 Å². The number of nitrogens with one attached hydrogen (secondary N) is 1. The molecule has 0 radical (unpaired) electrons. The van der Waals surface area contributed by atoms with Crippen molar-refractivity contribution in [1.29, 1.82) is 0 Å². The molecule has 110 valence electrons. The zero-order valence-electron chi connectivity index (χ0n) is 11.7. The molecule has 0 aliphatic heterocycles. The summed E-state index contributed by atoms with van der Waals surface area (Å²) in [5, 5.41) is 6.65. The number of benzene rings is 1. The summed E-state index contributed by atoms with van der Waals surface area (Å²) >= 11 is 5.97. The predicted octanol–water partition coefficient (Wildman–Crippen LogP) is 2.19. The van der Waals surface area contributed by atoms with E-state index in [2.05, 4.69) is 15.5 Å². The van der Waals surface area contributed by atoms with Gasteiger partial charge in [-0.05, 0) is 37.1 Å². The zero-order valence-corrected chi connectivity index (χ0v) is 12.4. The van der Waals surface area contributed by atoms with Gasteiger partial charge in [-0.3, -0.25) is 10.1 Å². The fourth-order valence-corrected chi connectivity index (χ4v) is 2.13. The van der Waals surface area contributed by atoms with Crippen LogP contribution in [0.15, 0.2) is 33.9 Å². The average Bonchev–Trinajstić information content (AvgIpc) is 2.81. The van der Waals surface area contributed by atoms with Gasteiger partial charge in [0.1, 0.15) is 11.3 Å². The molecule has 0 fully saturated rings. The van der Waals surface area contributed by atoms with Crippen molar-refractivity contribution >= 4 is 23.5 Å². The lowest BCUT2D eigenvalue weighted by Gasteiger charge is -2.04. The largest absolute Gasteiger partial charge is 0.370 e. The van der Waals surface area contributed by atoms with Gasteiger partial charge in [0.25, 0.3) is 5.91 Å². The van der Waals surface area contributed by atoms with Crippen molar-refractivity contribution < 1.29 is 9.32 Å². The summed E-state index contributed by atoms with van der Waals surface area (Å²) in [5.41, 5.74) is 7.97. The summed E-state index contributed by atoms with van der Waals surface area (Å²) in [4.78, 5) is 16.0. The Labute approximate surface area is 127 Å². The second-order valence-corrected chi connectivity index (χ2v) is 5.02. The molecule has 7 heteroatoms. The minimum absolute atomic E-state index is 0.0261. The molecule has 21 heavy (non-hydrogen) atoms. The highest BCUT2D eigenvalue weighted by Gasteiger charge is 2.13. The Kier molecular flexibility index (Phi) is 4.59. The lowest BCUT2D eigenvalue weighted by atomic mass is 10.1. The summed E-state index contributed by atoms with van der Waals surface area (Å²) in [5.74, 6) is 0.0428. The molecule has 0 spiro atoms. The van der Waals surface area contributed by atoms with Gasteiger partial charge in [0.05, 0.1) is 12.7 Å². The number of guanidine groups is 1. The number of aryl methyl sites for hydroxylation is 2. The number of hydrogen-bond donors (Lipinski definition) is 2. The van der Waals surface area contributed by atoms with Crippen LogP contribution in [0, 0.1) is 13.8 Å². The van der Waals surface area contributed by atoms with Gasteiger partial charge in [0.15, 0.2) is 5.96 Å². The standard InChI is InChI=1S/C14H15ClN4O2/c1-8-3-10(5-11(15)4-8)6-17-14(16)19-13(20)12-7-18-21-9(12)2/h3-5,7H,6H2,1-2H3,(H3,16,17,19,20). The van der Waals surface area contributed by atoms with Crippen LogP contribution in [0.5, 0.6) is 0 Å². The number of amides is 1. The number of aliphatic imine (C=N–C) groups is 1. The van der Waals surface area contributed by atoms with E-state index in [1.807, 2.05) is 19.1 Å². The summed E-state index contributed by atoms with van der Waals surface area (Å²) in [7, 11) is 0. The predicted molar refractivity (Wildman–Crippen MR) is 80.2 cm³/mol. The second kappa shape index (κ2) is 6.41. The first-order valence-corrected chi connectivity index (χ1v) is 6.62. The van der Waals surface area contributed by atoms with Crippen molar-refractivity contribution in [3.63, 3.8) is 0 Å². The maximum Gasteiger partial charge on any atom is 0.263 e. The molecule has 1 aromatic heterocycles. The van der Waals surface area contributed by atoms with Gasteiger partial charge in [-0.25, -0.2) is 4.99 Å². The third kappa shape index (κ3) is 4.06. The Morgan fingerprint density at radius 2 is 2.19 bits per heavy atom. The number of rotatable bonds is 3. The minimum Gasteiger partial charge on any atom is -0.370 e. The van der Waals surface area contributed by atoms with Crippen LogP contribution in [0.25, 0.3) is 0 Å². The Hall–Kier alpha value is -2.34. The third-order valence-electron chi connectivity index (χ3n) is 2.77. The van der Waals surface area contributed by atoms with Crippen molar-refractivity contribution in [2.24, 2.45) is 10.7 Å². The van der Waals surface area contributed by atoms with Gasteiger partial charge >= 0.3 is 0 Å². The average molecular weight is 307 g/mol. The van der Waals surface area contributed by atoms with Crippen LogP contribution in [-0.2, 0) is 6.54 Å². The van der Waals surface area contributed by atoms with E-state index in [1.165, 1.54) is 6.20 Å². The van der Waals surface area contributed by atoms with Gasteiger partial charge in [-0.15, -0.1) is 0 Å². The molecule has 1 heterocycles. The van der Waals surface area contributed by atoms with Crippen molar-refractivity contribution in [1.82, 2.24) is 10.5 Å². The monoisotopic (exact) mass is 306 g/mol. The zero-order chi connectivity index (χ0) is 15.4. The Morgan fingerprint density at radius 1 is 1.43 bits per heavy atom. The highest BCUT2D eigenvalue weighted by Crippen LogP contribution is 2.15. The molecule has 3 N–H and O–H groups in total. The number of aromatic nitrogens is 1. The van der Waals surface area contributed by atoms with Crippen LogP contribution in [-0.4, -0.2) is 17.0 Å². The number of halogens is 1. The summed E-state index contributed by atoms with van der Waals surface area (Å²) in [6.07, 6.45) is 1.33. The van der Waals surface area contributed by atoms with Crippen LogP contribution in [0.2, 0.25) is 5.02 Å². The molecule has 0 saturated carbocycles. The van der Waals surface area contributed by atoms with Crippen LogP contribution in [0.3, 0.4) is 0 Å². The molecule has 0 atom stereocenters. The van der Waals surface area contributed by atoms with E-state index in [4.69, 9.17) is 21.9 Å². The minimum atomic E-state index is -0.405. The van der Waals surface area contributed by atoms with Gasteiger partial charge in [0.2, 0.25) is 0 Å². The topological polar surface area (TPSA) is 93.5 Å². The van der Waals surface area contributed by atoms with E-state index in [0.717, 1.165) is 11.1 Å². The first-order chi connectivity index (χ1) is 9.95. The number of nitrogens with two attached hydrogens (primary N) is 1. The summed E-state index contributed by atoms with van der Waals surface area (Å²) in [6, 6.07) is 5.61. The number of carbonyl (C=O) groups excluding carboxylic acids is 1. The first-order valence-electron chi connectivity index (χ1n) is 6.24. The Morgan fingerprint density at radius 3 is 2.81 bits per heavy atom. The maximum atomic E-state index is 11.9. The smallest absolute Gasteiger partial charge is 0.263 e. The quantitative estimate of drug-likeness (QED) is 0.671. The second-order valence-electron chi connectivity index (χ2n) is 4.59. The van der Waals surface area contributed by atoms with Gasteiger partial charge in [-0.2, -0.15) is 0 Å². The van der Waals surface area contributed by atoms with Crippen LogP contribution < -0.4 is 11.1 Å². The molecule has 2 aromatic rings. The molecular formula is C14H15ClN4O2. The molecule has 6 nitrogen and oxygen atoms in total. The fraction of sp³-hybridized carbons (Fsp3) is 0.214. The maximum absolute atomic E-state index is 11.9. The lowest BCUT2D eigenvalue weighted by molar-refractivity contribution is 0.0975. The Balaban J connectivity index is 2.01. The molecule has 1 aromatic carbocycles. The van der Waals surface area contributed by atoms with Gasteiger partial charge < -0.3 is 10.3 Å². The summed E-state index contributed by atoms with van der Waals surface area (Å²) in [6.45, 7) is 3.92. The highest BCUT2D eigenvalue weighted by molar-refractivity contribution is 6.30. The molecule has 2 rings (SSSR count). The van der Waals surface area contributed by atoms with Crippen molar-refractivity contribution in [3.05, 3.63) is 51.9 Å². The number of carbonyl (C=O) groups is 1. The van der Waals surface area contributed by atoms with Gasteiger partial charge in [0, 0.05) is 5.02 Å². The van der Waals surface area contributed by atoms with E-state index in [9.17, 15) is 4.79 Å². The van der Waals surface area contributed by atoms with Gasteiger partial charge in [-0.1, -0.05) is 22.8 Å². The van der Waals surface area contributed by atoms with Crippen LogP contribution in [0.1, 0.15) is 27.2 Å².